The lowest BCUT2D eigenvalue weighted by Crippen LogP contribution is -2.39. The number of anilines is 4. The monoisotopic (exact) mass is 713 g/mol. The smallest absolute Gasteiger partial charge is 0.326 e. The molecule has 0 radical (unpaired) electrons. The van der Waals surface area contributed by atoms with E-state index >= 15 is 0 Å². The molecule has 2 aliphatic rings. The van der Waals surface area contributed by atoms with Crippen LogP contribution in [0.3, 0.4) is 0 Å². The Morgan fingerprint density at radius 1 is 1.02 bits per heavy atom. The van der Waals surface area contributed by atoms with Crippen molar-refractivity contribution in [1.29, 1.82) is 0 Å². The van der Waals surface area contributed by atoms with Crippen LogP contribution in [0.2, 0.25) is 5.02 Å². The maximum atomic E-state index is 13.3. The number of rotatable bonds is 9. The predicted molar refractivity (Wildman–Crippen MR) is 191 cm³/mol. The van der Waals surface area contributed by atoms with E-state index in [-0.39, 0.29) is 54.6 Å². The van der Waals surface area contributed by atoms with Crippen LogP contribution in [0, 0.1) is 5.92 Å². The summed E-state index contributed by atoms with van der Waals surface area (Å²) in [7, 11) is 3.34. The summed E-state index contributed by atoms with van der Waals surface area (Å²) in [4.78, 5) is 75.7. The van der Waals surface area contributed by atoms with Crippen LogP contribution in [0.1, 0.15) is 43.7 Å². The van der Waals surface area contributed by atoms with Crippen molar-refractivity contribution in [3.05, 3.63) is 63.8 Å². The molecule has 5 N–H and O–H groups in total. The molecule has 51 heavy (non-hydrogen) atoms. The molecule has 0 aliphatic carbocycles. The number of hydrogen-bond acceptors (Lipinski definition) is 10. The van der Waals surface area contributed by atoms with Gasteiger partial charge in [0.2, 0.25) is 29.6 Å². The Labute approximate surface area is 295 Å². The van der Waals surface area contributed by atoms with Gasteiger partial charge in [0.25, 0.3) is 0 Å². The van der Waals surface area contributed by atoms with E-state index in [1.807, 2.05) is 17.0 Å². The lowest BCUT2D eigenvalue weighted by atomic mass is 9.92. The molecule has 1 unspecified atom stereocenters. The van der Waals surface area contributed by atoms with Crippen molar-refractivity contribution in [2.75, 3.05) is 35.7 Å². The van der Waals surface area contributed by atoms with E-state index in [0.717, 1.165) is 10.9 Å². The third kappa shape index (κ3) is 6.86. The van der Waals surface area contributed by atoms with Crippen molar-refractivity contribution >= 4 is 80.3 Å². The average Bonchev–Trinajstić information content (AvgIpc) is 3.62. The number of aromatic nitrogens is 6. The average molecular weight is 714 g/mol. The number of H-pyrrole nitrogens is 1. The largest absolute Gasteiger partial charge is 0.359 e. The lowest BCUT2D eigenvalue weighted by Gasteiger charge is -2.31. The second kappa shape index (κ2) is 13.9. The van der Waals surface area contributed by atoms with E-state index in [4.69, 9.17) is 11.6 Å². The van der Waals surface area contributed by atoms with Gasteiger partial charge in [-0.15, -0.1) is 0 Å². The molecule has 7 rings (SSSR count). The summed E-state index contributed by atoms with van der Waals surface area (Å²) in [6.07, 6.45) is 3.54. The van der Waals surface area contributed by atoms with Gasteiger partial charge in [-0.05, 0) is 55.7 Å². The Kier molecular flexibility index (Phi) is 9.16. The maximum Gasteiger partial charge on any atom is 0.326 e. The van der Waals surface area contributed by atoms with Crippen LogP contribution in [0.5, 0.6) is 0 Å². The number of carbonyl (C=O) groups is 4. The highest BCUT2D eigenvalue weighted by molar-refractivity contribution is 6.33. The molecule has 2 saturated heterocycles. The van der Waals surface area contributed by atoms with Crippen LogP contribution in [0.4, 0.5) is 23.1 Å². The number of aromatic amines is 1. The predicted octanol–water partition coefficient (Wildman–Crippen LogP) is 2.91. The molecule has 0 bridgehead atoms. The fraction of sp³-hybridized carbons (Fsp3) is 0.353. The molecule has 0 spiro atoms. The Balaban J connectivity index is 0.990. The third-order valence-corrected chi connectivity index (χ3v) is 9.75. The summed E-state index contributed by atoms with van der Waals surface area (Å²) in [6.45, 7) is 1.34. The number of imide groups is 1. The molecular formula is C34H36ClN11O5. The molecular weight excluding hydrogens is 678 g/mol. The lowest BCUT2D eigenvalue weighted by molar-refractivity contribution is -0.134. The summed E-state index contributed by atoms with van der Waals surface area (Å²) in [5.41, 5.74) is 3.64. The first-order valence-electron chi connectivity index (χ1n) is 16.7. The Hall–Kier alpha value is -5.77. The summed E-state index contributed by atoms with van der Waals surface area (Å²) < 4.78 is 3.20. The first kappa shape index (κ1) is 33.7. The number of piperidine rings is 2. The number of nitrogens with zero attached hydrogens (tertiary/aromatic N) is 6. The van der Waals surface area contributed by atoms with Crippen LogP contribution < -0.4 is 31.9 Å². The standard InChI is InChI=1S/C34H36ClN11O5/c1-36-27(47)11-14-46-26-16-19(4-7-24(26)40-34(46)51)38-30-23(35)17-37-33(42-30)45-12-9-18(10-13-45)31(49)39-20-3-5-21-25(15-20)44(2)43-29(21)22-6-8-28(48)41-32(22)50/h3-5,7,15-18,22H,6,8-14H2,1-2H3,(H,36,47)(H,39,49)(H,40,51)(H,37,38,42)(H,41,48,50). The second-order valence-electron chi connectivity index (χ2n) is 12.7. The van der Waals surface area contributed by atoms with Gasteiger partial charge in [0.05, 0.1) is 34.4 Å². The number of amides is 4. The van der Waals surface area contributed by atoms with E-state index in [9.17, 15) is 24.0 Å². The molecule has 1 atom stereocenters. The number of nitrogens with one attached hydrogen (secondary N) is 5. The van der Waals surface area contributed by atoms with Gasteiger partial charge >= 0.3 is 5.69 Å². The minimum atomic E-state index is -0.504. The van der Waals surface area contributed by atoms with Gasteiger partial charge in [-0.1, -0.05) is 11.6 Å². The maximum absolute atomic E-state index is 13.3. The zero-order valence-corrected chi connectivity index (χ0v) is 28.7. The SMILES string of the molecule is CNC(=O)CCn1c(=O)[nH]c2ccc(Nc3nc(N4CCC(C(=O)Nc5ccc6c(C7CCC(=O)NC7=O)nn(C)c6c5)CC4)ncc3Cl)cc21. The minimum absolute atomic E-state index is 0.0881. The zero-order valence-electron chi connectivity index (χ0n) is 28.0. The number of benzene rings is 2. The summed E-state index contributed by atoms with van der Waals surface area (Å²) in [5, 5.41) is 16.9. The van der Waals surface area contributed by atoms with E-state index < -0.39 is 5.92 Å². The highest BCUT2D eigenvalue weighted by Crippen LogP contribution is 2.32. The van der Waals surface area contributed by atoms with Crippen molar-refractivity contribution < 1.29 is 19.2 Å². The fourth-order valence-electron chi connectivity index (χ4n) is 6.69. The topological polar surface area (TPSA) is 201 Å². The Bertz CT molecular complexity index is 2250. The summed E-state index contributed by atoms with van der Waals surface area (Å²) in [5.74, 6) is -0.733. The molecule has 4 amide bonds. The van der Waals surface area contributed by atoms with E-state index in [1.165, 1.54) is 10.8 Å². The first-order valence-corrected chi connectivity index (χ1v) is 17.0. The van der Waals surface area contributed by atoms with E-state index in [2.05, 4.69) is 41.3 Å². The Morgan fingerprint density at radius 2 is 1.78 bits per heavy atom. The van der Waals surface area contributed by atoms with Crippen LogP contribution in [0.15, 0.2) is 47.4 Å². The Morgan fingerprint density at radius 3 is 2.55 bits per heavy atom. The van der Waals surface area contributed by atoms with Crippen molar-refractivity contribution in [1.82, 2.24) is 39.9 Å². The van der Waals surface area contributed by atoms with E-state index in [1.54, 1.807) is 43.0 Å². The van der Waals surface area contributed by atoms with Crippen molar-refractivity contribution in [3.8, 4) is 0 Å². The first-order chi connectivity index (χ1) is 24.6. The van der Waals surface area contributed by atoms with Crippen LogP contribution in [-0.2, 0) is 32.8 Å². The number of hydrogen-bond donors (Lipinski definition) is 5. The van der Waals surface area contributed by atoms with Gasteiger partial charge in [0.15, 0.2) is 5.82 Å². The minimum Gasteiger partial charge on any atom is -0.359 e. The summed E-state index contributed by atoms with van der Waals surface area (Å²) >= 11 is 6.48. The van der Waals surface area contributed by atoms with Gasteiger partial charge in [0.1, 0.15) is 5.02 Å². The number of halogens is 1. The molecule has 0 saturated carbocycles. The number of fused-ring (bicyclic) bond motifs is 2. The molecule has 16 nitrogen and oxygen atoms in total. The van der Waals surface area contributed by atoms with Crippen molar-refractivity contribution in [3.63, 3.8) is 0 Å². The molecule has 17 heteroatoms. The van der Waals surface area contributed by atoms with Crippen LogP contribution in [0.25, 0.3) is 21.9 Å². The highest BCUT2D eigenvalue weighted by atomic mass is 35.5. The van der Waals surface area contributed by atoms with E-state index in [0.29, 0.717) is 77.2 Å². The van der Waals surface area contributed by atoms with Crippen LogP contribution in [-0.4, -0.2) is 73.1 Å². The number of carbonyl (C=O) groups excluding carboxylic acids is 4. The van der Waals surface area contributed by atoms with Gasteiger partial charge in [-0.25, -0.2) is 9.78 Å². The van der Waals surface area contributed by atoms with Gasteiger partial charge in [-0.3, -0.25) is 33.7 Å². The summed E-state index contributed by atoms with van der Waals surface area (Å²) in [6, 6.07) is 10.9. The molecule has 2 fully saturated rings. The van der Waals surface area contributed by atoms with Crippen molar-refractivity contribution in [2.45, 2.75) is 44.6 Å². The molecule has 5 aromatic rings. The van der Waals surface area contributed by atoms with Gasteiger partial charge in [0, 0.05) is 69.3 Å². The normalized spacial score (nSPS) is 16.8. The molecule has 264 valence electrons. The molecule has 2 aromatic carbocycles. The quantitative estimate of drug-likeness (QED) is 0.142. The third-order valence-electron chi connectivity index (χ3n) is 9.48. The molecule has 3 aromatic heterocycles. The van der Waals surface area contributed by atoms with Crippen LogP contribution >= 0.6 is 11.6 Å². The highest BCUT2D eigenvalue weighted by Gasteiger charge is 2.32. The fourth-order valence-corrected chi connectivity index (χ4v) is 6.82. The van der Waals surface area contributed by atoms with Crippen molar-refractivity contribution in [2.24, 2.45) is 13.0 Å². The number of aryl methyl sites for hydroxylation is 2. The van der Waals surface area contributed by atoms with Gasteiger partial charge < -0.3 is 25.8 Å². The zero-order chi connectivity index (χ0) is 35.8. The number of imidazole rings is 1. The molecule has 2 aliphatic heterocycles. The molecule has 5 heterocycles. The second-order valence-corrected chi connectivity index (χ2v) is 13.1. The van der Waals surface area contributed by atoms with Gasteiger partial charge in [-0.2, -0.15) is 10.1 Å².